The Bertz CT molecular complexity index is 799. The van der Waals surface area contributed by atoms with Gasteiger partial charge in [0, 0.05) is 35.2 Å². The summed E-state index contributed by atoms with van der Waals surface area (Å²) in [4.78, 5) is 16.2. The van der Waals surface area contributed by atoms with Crippen molar-refractivity contribution in [3.8, 4) is 5.69 Å². The number of halogens is 1. The first kappa shape index (κ1) is 16.2. The van der Waals surface area contributed by atoms with E-state index in [1.807, 2.05) is 22.9 Å². The average Bonchev–Trinajstić information content (AvgIpc) is 3.15. The van der Waals surface area contributed by atoms with E-state index in [1.54, 1.807) is 48.9 Å². The highest BCUT2D eigenvalue weighted by Crippen LogP contribution is 2.16. The van der Waals surface area contributed by atoms with Gasteiger partial charge in [-0.1, -0.05) is 23.7 Å². The summed E-state index contributed by atoms with van der Waals surface area (Å²) in [5, 5.41) is 13.4. The minimum Gasteiger partial charge on any atom is -0.387 e. The number of nitrogens with one attached hydrogen (secondary N) is 1. The molecule has 122 valence electrons. The number of carbonyl (C=O) groups excluding carboxylic acids is 1. The zero-order valence-corrected chi connectivity index (χ0v) is 13.5. The van der Waals surface area contributed by atoms with Crippen molar-refractivity contribution in [2.75, 3.05) is 6.54 Å². The second kappa shape index (κ2) is 7.29. The Labute approximate surface area is 144 Å². The summed E-state index contributed by atoms with van der Waals surface area (Å²) in [6.07, 6.45) is 4.44. The molecule has 0 aliphatic carbocycles. The molecule has 0 spiro atoms. The lowest BCUT2D eigenvalue weighted by Crippen LogP contribution is -2.28. The van der Waals surface area contributed by atoms with Crippen molar-refractivity contribution in [2.45, 2.75) is 6.10 Å². The second-order valence-corrected chi connectivity index (χ2v) is 5.73. The van der Waals surface area contributed by atoms with Gasteiger partial charge in [0.25, 0.3) is 5.91 Å². The molecule has 1 heterocycles. The standard InChI is InChI=1S/C18H16ClN3O2/c19-15-5-1-13(2-6-15)17(23)11-21-18(24)14-3-7-16(8-4-14)22-10-9-20-12-22/h1-10,12,17,23H,11H2,(H,21,24). The van der Waals surface area contributed by atoms with Crippen LogP contribution in [0.3, 0.4) is 0 Å². The van der Waals surface area contributed by atoms with Crippen molar-refractivity contribution in [3.05, 3.63) is 83.4 Å². The van der Waals surface area contributed by atoms with Crippen LogP contribution in [-0.4, -0.2) is 27.1 Å². The number of hydrogen-bond donors (Lipinski definition) is 2. The molecule has 0 bridgehead atoms. The Balaban J connectivity index is 1.59. The van der Waals surface area contributed by atoms with Gasteiger partial charge in [-0.25, -0.2) is 4.98 Å². The molecular formula is C18H16ClN3O2. The van der Waals surface area contributed by atoms with Gasteiger partial charge in [0.1, 0.15) is 0 Å². The molecule has 1 atom stereocenters. The van der Waals surface area contributed by atoms with Gasteiger partial charge in [0.15, 0.2) is 0 Å². The van der Waals surface area contributed by atoms with Gasteiger partial charge in [-0.15, -0.1) is 0 Å². The number of amides is 1. The number of imidazole rings is 1. The molecule has 0 saturated heterocycles. The van der Waals surface area contributed by atoms with Crippen molar-refractivity contribution in [1.29, 1.82) is 0 Å². The molecule has 3 aromatic rings. The number of hydrogen-bond acceptors (Lipinski definition) is 3. The molecule has 0 aliphatic heterocycles. The molecule has 3 rings (SSSR count). The van der Waals surface area contributed by atoms with Gasteiger partial charge in [-0.05, 0) is 42.0 Å². The summed E-state index contributed by atoms with van der Waals surface area (Å²) >= 11 is 5.82. The van der Waals surface area contributed by atoms with Crippen molar-refractivity contribution < 1.29 is 9.90 Å². The molecule has 5 nitrogen and oxygen atoms in total. The van der Waals surface area contributed by atoms with Crippen molar-refractivity contribution >= 4 is 17.5 Å². The van der Waals surface area contributed by atoms with E-state index in [2.05, 4.69) is 10.3 Å². The minimum atomic E-state index is -0.781. The zero-order chi connectivity index (χ0) is 16.9. The monoisotopic (exact) mass is 341 g/mol. The fraction of sp³-hybridized carbons (Fsp3) is 0.111. The topological polar surface area (TPSA) is 67.2 Å². The van der Waals surface area contributed by atoms with Gasteiger partial charge in [-0.2, -0.15) is 0 Å². The van der Waals surface area contributed by atoms with Crippen molar-refractivity contribution in [1.82, 2.24) is 14.9 Å². The predicted octanol–water partition coefficient (Wildman–Crippen LogP) is 2.99. The molecule has 24 heavy (non-hydrogen) atoms. The van der Waals surface area contributed by atoms with E-state index in [0.717, 1.165) is 5.69 Å². The molecule has 0 fully saturated rings. The van der Waals surface area contributed by atoms with Crippen LogP contribution in [0.4, 0.5) is 0 Å². The number of nitrogens with zero attached hydrogens (tertiary/aromatic N) is 2. The molecule has 2 N–H and O–H groups in total. The lowest BCUT2D eigenvalue weighted by Gasteiger charge is -2.12. The summed E-state index contributed by atoms with van der Waals surface area (Å²) in [5.41, 5.74) is 2.16. The quantitative estimate of drug-likeness (QED) is 0.749. The van der Waals surface area contributed by atoms with E-state index >= 15 is 0 Å². The van der Waals surface area contributed by atoms with E-state index in [4.69, 9.17) is 11.6 Å². The number of aromatic nitrogens is 2. The largest absolute Gasteiger partial charge is 0.387 e. The van der Waals surface area contributed by atoms with Crippen molar-refractivity contribution in [3.63, 3.8) is 0 Å². The maximum Gasteiger partial charge on any atom is 0.251 e. The fourth-order valence-electron chi connectivity index (χ4n) is 2.29. The number of rotatable bonds is 5. The van der Waals surface area contributed by atoms with Crippen LogP contribution in [-0.2, 0) is 0 Å². The maximum absolute atomic E-state index is 12.2. The minimum absolute atomic E-state index is 0.129. The van der Waals surface area contributed by atoms with Gasteiger partial charge >= 0.3 is 0 Å². The third kappa shape index (κ3) is 3.82. The predicted molar refractivity (Wildman–Crippen MR) is 92.3 cm³/mol. The molecule has 2 aromatic carbocycles. The second-order valence-electron chi connectivity index (χ2n) is 5.29. The number of aliphatic hydroxyl groups is 1. The van der Waals surface area contributed by atoms with Crippen LogP contribution in [0, 0.1) is 0 Å². The Morgan fingerprint density at radius 1 is 1.17 bits per heavy atom. The Morgan fingerprint density at radius 3 is 2.50 bits per heavy atom. The maximum atomic E-state index is 12.2. The average molecular weight is 342 g/mol. The molecule has 6 heteroatoms. The fourth-order valence-corrected chi connectivity index (χ4v) is 2.42. The lowest BCUT2D eigenvalue weighted by molar-refractivity contribution is 0.0916. The summed E-state index contributed by atoms with van der Waals surface area (Å²) in [5.74, 6) is -0.236. The summed E-state index contributed by atoms with van der Waals surface area (Å²) < 4.78 is 1.85. The molecule has 1 unspecified atom stereocenters. The zero-order valence-electron chi connectivity index (χ0n) is 12.8. The molecule has 0 saturated carbocycles. The molecule has 1 amide bonds. The van der Waals surface area contributed by atoms with E-state index in [-0.39, 0.29) is 12.5 Å². The highest BCUT2D eigenvalue weighted by Gasteiger charge is 2.11. The molecule has 0 radical (unpaired) electrons. The van der Waals surface area contributed by atoms with Crippen molar-refractivity contribution in [2.24, 2.45) is 0 Å². The third-order valence-corrected chi connectivity index (χ3v) is 3.89. The van der Waals surface area contributed by atoms with Crippen LogP contribution >= 0.6 is 11.6 Å². The number of carbonyl (C=O) groups is 1. The van der Waals surface area contributed by atoms with Crippen LogP contribution in [0.15, 0.2) is 67.3 Å². The SMILES string of the molecule is O=C(NCC(O)c1ccc(Cl)cc1)c1ccc(-n2ccnc2)cc1. The summed E-state index contributed by atoms with van der Waals surface area (Å²) in [7, 11) is 0. The lowest BCUT2D eigenvalue weighted by atomic mass is 10.1. The molecular weight excluding hydrogens is 326 g/mol. The first-order valence-electron chi connectivity index (χ1n) is 7.43. The first-order chi connectivity index (χ1) is 11.6. The third-order valence-electron chi connectivity index (χ3n) is 3.64. The van der Waals surface area contributed by atoms with Gasteiger partial charge in [-0.3, -0.25) is 4.79 Å². The van der Waals surface area contributed by atoms with E-state index < -0.39 is 6.10 Å². The highest BCUT2D eigenvalue weighted by molar-refractivity contribution is 6.30. The Morgan fingerprint density at radius 2 is 1.88 bits per heavy atom. The molecule has 0 aliphatic rings. The van der Waals surface area contributed by atoms with Gasteiger partial charge in [0.2, 0.25) is 0 Å². The Hall–Kier alpha value is -2.63. The summed E-state index contributed by atoms with van der Waals surface area (Å²) in [6.45, 7) is 0.129. The summed E-state index contributed by atoms with van der Waals surface area (Å²) in [6, 6.07) is 14.0. The van der Waals surface area contributed by atoms with E-state index in [9.17, 15) is 9.90 Å². The van der Waals surface area contributed by atoms with Gasteiger partial charge in [0.05, 0.1) is 12.4 Å². The van der Waals surface area contributed by atoms with E-state index in [1.165, 1.54) is 0 Å². The van der Waals surface area contributed by atoms with Crippen LogP contribution in [0.25, 0.3) is 5.69 Å². The first-order valence-corrected chi connectivity index (χ1v) is 7.81. The number of benzene rings is 2. The van der Waals surface area contributed by atoms with Crippen LogP contribution in [0.1, 0.15) is 22.0 Å². The smallest absolute Gasteiger partial charge is 0.251 e. The Kier molecular flexibility index (Phi) is 4.93. The van der Waals surface area contributed by atoms with Crippen LogP contribution in [0.2, 0.25) is 5.02 Å². The van der Waals surface area contributed by atoms with Crippen LogP contribution < -0.4 is 5.32 Å². The van der Waals surface area contributed by atoms with E-state index in [0.29, 0.717) is 16.1 Å². The molecule has 1 aromatic heterocycles. The van der Waals surface area contributed by atoms with Crippen LogP contribution in [0.5, 0.6) is 0 Å². The number of aliphatic hydroxyl groups excluding tert-OH is 1. The highest BCUT2D eigenvalue weighted by atomic mass is 35.5. The normalized spacial score (nSPS) is 11.9. The van der Waals surface area contributed by atoms with Gasteiger partial charge < -0.3 is 15.0 Å².